The van der Waals surface area contributed by atoms with Crippen molar-refractivity contribution in [1.82, 2.24) is 5.43 Å². The van der Waals surface area contributed by atoms with Gasteiger partial charge in [0, 0.05) is 16.9 Å². The summed E-state index contributed by atoms with van der Waals surface area (Å²) in [4.78, 5) is 12.5. The van der Waals surface area contributed by atoms with Crippen molar-refractivity contribution in [1.29, 1.82) is 0 Å². The van der Waals surface area contributed by atoms with E-state index in [4.69, 9.17) is 11.6 Å². The third-order valence-corrected chi connectivity index (χ3v) is 3.74. The molecule has 1 unspecified atom stereocenters. The second-order valence-electron chi connectivity index (χ2n) is 5.08. The molecule has 0 aliphatic carbocycles. The summed E-state index contributed by atoms with van der Waals surface area (Å²) < 4.78 is 0. The summed E-state index contributed by atoms with van der Waals surface area (Å²) >= 11 is 5.88. The van der Waals surface area contributed by atoms with Gasteiger partial charge in [0.15, 0.2) is 0 Å². The fraction of sp³-hybridized carbons (Fsp3) is 0.118. The Balaban J connectivity index is 1.79. The number of carbonyl (C=O) groups is 1. The van der Waals surface area contributed by atoms with Crippen LogP contribution in [0.4, 0.5) is 11.4 Å². The molecule has 22 heavy (non-hydrogen) atoms. The molecule has 2 aromatic carbocycles. The van der Waals surface area contributed by atoms with Crippen LogP contribution in [0.3, 0.4) is 0 Å². The van der Waals surface area contributed by atoms with E-state index >= 15 is 0 Å². The fourth-order valence-electron chi connectivity index (χ4n) is 2.30. The standard InChI is InChI=1S/C17H16ClN3O/c1-12-16(11-19-14-5-3-2-4-6-14)17(22)21(20-12)15-9-7-13(18)8-10-15/h2-12,19-20H,1H3. The first-order valence-corrected chi connectivity index (χ1v) is 7.41. The third-order valence-electron chi connectivity index (χ3n) is 3.49. The number of para-hydroxylation sites is 1. The Morgan fingerprint density at radius 2 is 1.82 bits per heavy atom. The maximum atomic E-state index is 12.5. The van der Waals surface area contributed by atoms with E-state index in [1.807, 2.05) is 49.4 Å². The van der Waals surface area contributed by atoms with E-state index in [0.717, 1.165) is 11.4 Å². The van der Waals surface area contributed by atoms with Gasteiger partial charge < -0.3 is 5.32 Å². The maximum absolute atomic E-state index is 12.5. The number of anilines is 2. The molecule has 0 radical (unpaired) electrons. The number of hydrogen-bond acceptors (Lipinski definition) is 3. The maximum Gasteiger partial charge on any atom is 0.271 e. The molecule has 2 aromatic rings. The van der Waals surface area contributed by atoms with Crippen LogP contribution >= 0.6 is 11.6 Å². The Morgan fingerprint density at radius 1 is 1.14 bits per heavy atom. The number of rotatable bonds is 3. The van der Waals surface area contributed by atoms with E-state index in [1.54, 1.807) is 23.3 Å². The van der Waals surface area contributed by atoms with Crippen LogP contribution in [0.1, 0.15) is 6.92 Å². The third kappa shape index (κ3) is 2.98. The summed E-state index contributed by atoms with van der Waals surface area (Å²) in [5.74, 6) is -0.0711. The van der Waals surface area contributed by atoms with Crippen molar-refractivity contribution in [2.75, 3.05) is 10.3 Å². The Bertz CT molecular complexity index is 698. The van der Waals surface area contributed by atoms with Crippen molar-refractivity contribution in [3.05, 3.63) is 71.4 Å². The number of hydrogen-bond donors (Lipinski definition) is 2. The molecule has 1 fully saturated rings. The first kappa shape index (κ1) is 14.6. The molecule has 5 heteroatoms. The molecule has 3 rings (SSSR count). The molecule has 0 aromatic heterocycles. The molecule has 1 heterocycles. The van der Waals surface area contributed by atoms with Gasteiger partial charge in [0.1, 0.15) is 0 Å². The monoisotopic (exact) mass is 313 g/mol. The molecule has 2 N–H and O–H groups in total. The lowest BCUT2D eigenvalue weighted by Crippen LogP contribution is -2.36. The van der Waals surface area contributed by atoms with Crippen LogP contribution in [-0.4, -0.2) is 11.9 Å². The molecular weight excluding hydrogens is 298 g/mol. The molecule has 4 nitrogen and oxygen atoms in total. The van der Waals surface area contributed by atoms with Crippen LogP contribution in [0.2, 0.25) is 5.02 Å². The van der Waals surface area contributed by atoms with E-state index in [1.165, 1.54) is 0 Å². The van der Waals surface area contributed by atoms with Gasteiger partial charge in [-0.25, -0.2) is 10.4 Å². The minimum atomic E-state index is -0.0711. The number of carbonyl (C=O) groups excluding carboxylic acids is 1. The van der Waals surface area contributed by atoms with Crippen LogP contribution in [0, 0.1) is 0 Å². The molecular formula is C17H16ClN3O. The average molecular weight is 314 g/mol. The second kappa shape index (κ2) is 6.22. The second-order valence-corrected chi connectivity index (χ2v) is 5.51. The van der Waals surface area contributed by atoms with Gasteiger partial charge in [0.05, 0.1) is 17.3 Å². The first-order chi connectivity index (χ1) is 10.6. The lowest BCUT2D eigenvalue weighted by atomic mass is 10.1. The van der Waals surface area contributed by atoms with E-state index in [2.05, 4.69) is 10.7 Å². The minimum absolute atomic E-state index is 0.0700. The molecule has 1 aliphatic heterocycles. The molecule has 1 aliphatic rings. The van der Waals surface area contributed by atoms with E-state index in [9.17, 15) is 4.79 Å². The Morgan fingerprint density at radius 3 is 2.50 bits per heavy atom. The van der Waals surface area contributed by atoms with Crippen molar-refractivity contribution in [2.24, 2.45) is 0 Å². The van der Waals surface area contributed by atoms with Crippen molar-refractivity contribution in [2.45, 2.75) is 13.0 Å². The van der Waals surface area contributed by atoms with Gasteiger partial charge in [-0.05, 0) is 43.3 Å². The van der Waals surface area contributed by atoms with Gasteiger partial charge in [-0.15, -0.1) is 0 Å². The van der Waals surface area contributed by atoms with Gasteiger partial charge in [0.2, 0.25) is 0 Å². The molecule has 1 amide bonds. The van der Waals surface area contributed by atoms with Crippen LogP contribution in [0.15, 0.2) is 66.4 Å². The van der Waals surface area contributed by atoms with Crippen LogP contribution in [-0.2, 0) is 4.79 Å². The molecule has 0 saturated carbocycles. The topological polar surface area (TPSA) is 44.4 Å². The fourth-order valence-corrected chi connectivity index (χ4v) is 2.43. The number of nitrogens with zero attached hydrogens (tertiary/aromatic N) is 1. The van der Waals surface area contributed by atoms with Gasteiger partial charge in [-0.3, -0.25) is 4.79 Å². The normalized spacial score (nSPS) is 19.7. The Kier molecular flexibility index (Phi) is 4.13. The van der Waals surface area contributed by atoms with Gasteiger partial charge in [-0.2, -0.15) is 0 Å². The smallest absolute Gasteiger partial charge is 0.271 e. The predicted molar refractivity (Wildman–Crippen MR) is 89.7 cm³/mol. The van der Waals surface area contributed by atoms with Crippen LogP contribution in [0.5, 0.6) is 0 Å². The summed E-state index contributed by atoms with van der Waals surface area (Å²) in [6.45, 7) is 1.95. The van der Waals surface area contributed by atoms with Gasteiger partial charge >= 0.3 is 0 Å². The van der Waals surface area contributed by atoms with Crippen molar-refractivity contribution in [3.63, 3.8) is 0 Å². The predicted octanol–water partition coefficient (Wildman–Crippen LogP) is 3.58. The zero-order valence-corrected chi connectivity index (χ0v) is 12.8. The zero-order valence-electron chi connectivity index (χ0n) is 12.1. The molecule has 1 atom stereocenters. The lowest BCUT2D eigenvalue weighted by molar-refractivity contribution is -0.114. The summed E-state index contributed by atoms with van der Waals surface area (Å²) in [7, 11) is 0. The first-order valence-electron chi connectivity index (χ1n) is 7.03. The Labute approximate surface area is 134 Å². The molecule has 0 spiro atoms. The number of amides is 1. The van der Waals surface area contributed by atoms with Crippen molar-refractivity contribution < 1.29 is 4.79 Å². The van der Waals surface area contributed by atoms with Crippen molar-refractivity contribution in [3.8, 4) is 0 Å². The SMILES string of the molecule is CC1NN(c2ccc(Cl)cc2)C(=O)C1=CNc1ccccc1. The Hall–Kier alpha value is -2.30. The highest BCUT2D eigenvalue weighted by atomic mass is 35.5. The number of nitrogens with one attached hydrogen (secondary N) is 2. The average Bonchev–Trinajstić information content (AvgIpc) is 2.82. The highest BCUT2D eigenvalue weighted by molar-refractivity contribution is 6.30. The van der Waals surface area contributed by atoms with E-state index < -0.39 is 0 Å². The largest absolute Gasteiger partial charge is 0.361 e. The molecule has 0 bridgehead atoms. The van der Waals surface area contributed by atoms with Gasteiger partial charge in [-0.1, -0.05) is 29.8 Å². The van der Waals surface area contributed by atoms with Crippen molar-refractivity contribution >= 4 is 28.9 Å². The zero-order chi connectivity index (χ0) is 15.5. The molecule has 112 valence electrons. The summed E-state index contributed by atoms with van der Waals surface area (Å²) in [5, 5.41) is 5.34. The summed E-state index contributed by atoms with van der Waals surface area (Å²) in [5.41, 5.74) is 5.55. The summed E-state index contributed by atoms with van der Waals surface area (Å²) in [6.07, 6.45) is 1.76. The number of hydrazine groups is 1. The highest BCUT2D eigenvalue weighted by Gasteiger charge is 2.32. The van der Waals surface area contributed by atoms with Gasteiger partial charge in [0.25, 0.3) is 5.91 Å². The quantitative estimate of drug-likeness (QED) is 0.851. The molecule has 1 saturated heterocycles. The highest BCUT2D eigenvalue weighted by Crippen LogP contribution is 2.24. The van der Waals surface area contributed by atoms with Crippen LogP contribution in [0.25, 0.3) is 0 Å². The number of benzene rings is 2. The minimum Gasteiger partial charge on any atom is -0.361 e. The van der Waals surface area contributed by atoms with Crippen LogP contribution < -0.4 is 15.8 Å². The number of halogens is 1. The van der Waals surface area contributed by atoms with E-state index in [-0.39, 0.29) is 11.9 Å². The lowest BCUT2D eigenvalue weighted by Gasteiger charge is -2.16. The van der Waals surface area contributed by atoms with E-state index in [0.29, 0.717) is 10.6 Å². The summed E-state index contributed by atoms with van der Waals surface area (Å²) in [6, 6.07) is 16.8.